The number of hydrogen-bond donors (Lipinski definition) is 2. The van der Waals surface area contributed by atoms with Crippen molar-refractivity contribution in [3.63, 3.8) is 0 Å². The average molecular weight is 255 g/mol. The number of nitrogens with one attached hydrogen (secondary N) is 2. The number of guanidine groups is 1. The average Bonchev–Trinajstić information content (AvgIpc) is 2.85. The lowest BCUT2D eigenvalue weighted by molar-refractivity contribution is 0.512. The highest BCUT2D eigenvalue weighted by Crippen LogP contribution is 2.03. The number of nitrogens with zero attached hydrogens (tertiary/aromatic N) is 1. The lowest BCUT2D eigenvalue weighted by Crippen LogP contribution is -2.40. The van der Waals surface area contributed by atoms with Crippen molar-refractivity contribution in [2.45, 2.75) is 25.6 Å². The second kappa shape index (κ2) is 8.06. The highest BCUT2D eigenvalue weighted by atomic mass is 32.2. The Balaban J connectivity index is 2.43. The Morgan fingerprint density at radius 2 is 2.35 bits per heavy atom. The molecule has 1 unspecified atom stereocenters. The fraction of sp³-hybridized carbons (Fsp3) is 0.583. The molecular formula is C12H21N3OS. The molecule has 0 saturated heterocycles. The van der Waals surface area contributed by atoms with E-state index in [1.807, 2.05) is 23.9 Å². The molecule has 96 valence electrons. The minimum Gasteiger partial charge on any atom is -0.467 e. The molecule has 0 aliphatic heterocycles. The van der Waals surface area contributed by atoms with Crippen molar-refractivity contribution in [3.05, 3.63) is 24.2 Å². The van der Waals surface area contributed by atoms with Crippen molar-refractivity contribution in [1.29, 1.82) is 0 Å². The summed E-state index contributed by atoms with van der Waals surface area (Å²) in [6.07, 6.45) is 3.78. The topological polar surface area (TPSA) is 49.6 Å². The lowest BCUT2D eigenvalue weighted by Gasteiger charge is -2.13. The molecule has 1 aromatic rings. The van der Waals surface area contributed by atoms with Crippen molar-refractivity contribution < 1.29 is 4.42 Å². The number of furan rings is 1. The van der Waals surface area contributed by atoms with E-state index in [-0.39, 0.29) is 0 Å². The van der Waals surface area contributed by atoms with Gasteiger partial charge in [0, 0.05) is 18.3 Å². The number of rotatable bonds is 6. The number of aliphatic imine (C=N–C) groups is 1. The molecule has 4 nitrogen and oxygen atoms in total. The predicted octanol–water partition coefficient (Wildman–Crippen LogP) is 2.09. The predicted molar refractivity (Wildman–Crippen MR) is 74.5 cm³/mol. The summed E-state index contributed by atoms with van der Waals surface area (Å²) in [5.41, 5.74) is 0. The van der Waals surface area contributed by atoms with Crippen LogP contribution in [0.15, 0.2) is 27.8 Å². The third kappa shape index (κ3) is 5.68. The molecule has 2 N–H and O–H groups in total. The van der Waals surface area contributed by atoms with Gasteiger partial charge in [0.25, 0.3) is 0 Å². The minimum atomic E-state index is 0.565. The van der Waals surface area contributed by atoms with Gasteiger partial charge in [0.05, 0.1) is 6.26 Å². The van der Waals surface area contributed by atoms with Gasteiger partial charge in [0.15, 0.2) is 5.96 Å². The van der Waals surface area contributed by atoms with Crippen LogP contribution in [0.2, 0.25) is 0 Å². The Morgan fingerprint density at radius 1 is 1.53 bits per heavy atom. The van der Waals surface area contributed by atoms with E-state index < -0.39 is 0 Å². The summed E-state index contributed by atoms with van der Waals surface area (Å²) in [6.45, 7) is 6.58. The maximum absolute atomic E-state index is 5.24. The maximum atomic E-state index is 5.24. The number of hydrogen-bond acceptors (Lipinski definition) is 3. The summed E-state index contributed by atoms with van der Waals surface area (Å²) >= 11 is 1.84. The van der Waals surface area contributed by atoms with Crippen LogP contribution in [0.3, 0.4) is 0 Å². The molecule has 1 rings (SSSR count). The minimum absolute atomic E-state index is 0.565. The molecule has 0 aliphatic carbocycles. The fourth-order valence-corrected chi connectivity index (χ4v) is 1.48. The Morgan fingerprint density at radius 3 is 2.94 bits per heavy atom. The molecule has 0 bridgehead atoms. The molecule has 5 heteroatoms. The molecule has 0 radical (unpaired) electrons. The van der Waals surface area contributed by atoms with Crippen LogP contribution in [0.1, 0.15) is 19.6 Å². The van der Waals surface area contributed by atoms with Crippen molar-refractivity contribution in [2.24, 2.45) is 4.99 Å². The molecule has 0 saturated carbocycles. The molecular weight excluding hydrogens is 234 g/mol. The highest BCUT2D eigenvalue weighted by Gasteiger charge is 2.02. The second-order valence-corrected chi connectivity index (χ2v) is 4.98. The van der Waals surface area contributed by atoms with Gasteiger partial charge in [-0.15, -0.1) is 0 Å². The van der Waals surface area contributed by atoms with Crippen LogP contribution in [0.5, 0.6) is 0 Å². The first-order valence-electron chi connectivity index (χ1n) is 5.83. The van der Waals surface area contributed by atoms with E-state index in [1.165, 1.54) is 0 Å². The van der Waals surface area contributed by atoms with E-state index in [0.717, 1.165) is 24.8 Å². The quantitative estimate of drug-likeness (QED) is 0.603. The molecule has 0 amide bonds. The van der Waals surface area contributed by atoms with Crippen LogP contribution in [-0.2, 0) is 6.54 Å². The van der Waals surface area contributed by atoms with Crippen LogP contribution in [-0.4, -0.2) is 30.6 Å². The normalized spacial score (nSPS) is 13.5. The standard InChI is InChI=1S/C12H21N3OS/c1-4-13-12(14-8-10(2)17-3)15-9-11-6-5-7-16-11/h5-7,10H,4,8-9H2,1-3H3,(H2,13,14,15). The summed E-state index contributed by atoms with van der Waals surface area (Å²) in [4.78, 5) is 4.45. The largest absolute Gasteiger partial charge is 0.467 e. The molecule has 1 heterocycles. The van der Waals surface area contributed by atoms with Gasteiger partial charge in [-0.05, 0) is 25.3 Å². The van der Waals surface area contributed by atoms with E-state index in [4.69, 9.17) is 4.42 Å². The Bertz CT molecular complexity index is 325. The van der Waals surface area contributed by atoms with E-state index >= 15 is 0 Å². The van der Waals surface area contributed by atoms with E-state index in [9.17, 15) is 0 Å². The Hall–Kier alpha value is -1.10. The molecule has 1 atom stereocenters. The van der Waals surface area contributed by atoms with Gasteiger partial charge in [-0.2, -0.15) is 11.8 Å². The van der Waals surface area contributed by atoms with Gasteiger partial charge < -0.3 is 15.1 Å². The molecule has 0 spiro atoms. The summed E-state index contributed by atoms with van der Waals surface area (Å²) < 4.78 is 5.24. The number of thioether (sulfide) groups is 1. The first kappa shape index (κ1) is 14.0. The Labute approximate surface area is 107 Å². The Kier molecular flexibility index (Phi) is 6.62. The zero-order valence-electron chi connectivity index (χ0n) is 10.7. The zero-order valence-corrected chi connectivity index (χ0v) is 11.5. The third-order valence-electron chi connectivity index (χ3n) is 2.28. The SMILES string of the molecule is CCNC(=NCc1ccco1)NCC(C)SC. The monoisotopic (exact) mass is 255 g/mol. The van der Waals surface area contributed by atoms with Gasteiger partial charge in [0.2, 0.25) is 0 Å². The maximum Gasteiger partial charge on any atom is 0.191 e. The van der Waals surface area contributed by atoms with E-state index in [1.54, 1.807) is 6.26 Å². The zero-order chi connectivity index (χ0) is 12.5. The summed E-state index contributed by atoms with van der Waals surface area (Å²) in [7, 11) is 0. The van der Waals surface area contributed by atoms with Crippen LogP contribution in [0.4, 0.5) is 0 Å². The molecule has 0 fully saturated rings. The molecule has 0 aliphatic rings. The van der Waals surface area contributed by atoms with E-state index in [2.05, 4.69) is 35.7 Å². The van der Waals surface area contributed by atoms with E-state index in [0.29, 0.717) is 11.8 Å². The summed E-state index contributed by atoms with van der Waals surface area (Å²) in [5, 5.41) is 7.09. The van der Waals surface area contributed by atoms with Gasteiger partial charge in [-0.25, -0.2) is 4.99 Å². The second-order valence-electron chi connectivity index (χ2n) is 3.70. The van der Waals surface area contributed by atoms with Crippen LogP contribution < -0.4 is 10.6 Å². The van der Waals surface area contributed by atoms with Crippen molar-refractivity contribution >= 4 is 17.7 Å². The van der Waals surface area contributed by atoms with Crippen LogP contribution in [0, 0.1) is 0 Å². The van der Waals surface area contributed by atoms with Crippen molar-refractivity contribution in [2.75, 3.05) is 19.3 Å². The molecule has 17 heavy (non-hydrogen) atoms. The highest BCUT2D eigenvalue weighted by molar-refractivity contribution is 7.99. The van der Waals surface area contributed by atoms with Crippen LogP contribution in [0.25, 0.3) is 0 Å². The van der Waals surface area contributed by atoms with Gasteiger partial charge in [-0.1, -0.05) is 6.92 Å². The van der Waals surface area contributed by atoms with Gasteiger partial charge in [0.1, 0.15) is 12.3 Å². The first-order valence-corrected chi connectivity index (χ1v) is 7.12. The lowest BCUT2D eigenvalue weighted by atomic mass is 10.4. The summed E-state index contributed by atoms with van der Waals surface area (Å²) in [5.74, 6) is 1.71. The first-order chi connectivity index (χ1) is 8.26. The van der Waals surface area contributed by atoms with Crippen molar-refractivity contribution in [1.82, 2.24) is 10.6 Å². The van der Waals surface area contributed by atoms with Gasteiger partial charge in [-0.3, -0.25) is 0 Å². The summed E-state index contributed by atoms with van der Waals surface area (Å²) in [6, 6.07) is 3.80. The third-order valence-corrected chi connectivity index (χ3v) is 3.25. The van der Waals surface area contributed by atoms with Crippen molar-refractivity contribution in [3.8, 4) is 0 Å². The molecule has 0 aromatic carbocycles. The van der Waals surface area contributed by atoms with Crippen LogP contribution >= 0.6 is 11.8 Å². The van der Waals surface area contributed by atoms with Gasteiger partial charge >= 0.3 is 0 Å². The smallest absolute Gasteiger partial charge is 0.191 e. The molecule has 1 aromatic heterocycles. The fourth-order valence-electron chi connectivity index (χ4n) is 1.23.